The molecule has 2 N–H and O–H groups in total. The molecule has 0 radical (unpaired) electrons. The van der Waals surface area contributed by atoms with E-state index in [1.165, 1.54) is 0 Å². The van der Waals surface area contributed by atoms with Crippen molar-refractivity contribution in [1.29, 1.82) is 0 Å². The highest BCUT2D eigenvalue weighted by Gasteiger charge is 2.35. The first-order valence-electron chi connectivity index (χ1n) is 13.0. The third-order valence-electron chi connectivity index (χ3n) is 7.14. The number of ether oxygens (including phenoxy) is 6. The minimum atomic E-state index is -0.760. The van der Waals surface area contributed by atoms with E-state index in [0.717, 1.165) is 27.8 Å². The van der Waals surface area contributed by atoms with Crippen molar-refractivity contribution in [3.63, 3.8) is 0 Å². The summed E-state index contributed by atoms with van der Waals surface area (Å²) >= 11 is 0. The molecule has 0 aromatic heterocycles. The average Bonchev–Trinajstić information content (AvgIpc) is 2.93. The van der Waals surface area contributed by atoms with Crippen LogP contribution in [0.25, 0.3) is 0 Å². The van der Waals surface area contributed by atoms with E-state index in [-0.39, 0.29) is 37.9 Å². The number of phenols is 2. The highest BCUT2D eigenvalue weighted by Crippen LogP contribution is 2.44. The predicted octanol–water partition coefficient (Wildman–Crippen LogP) is 5.33. The van der Waals surface area contributed by atoms with Gasteiger partial charge in [-0.15, -0.1) is 0 Å². The summed E-state index contributed by atoms with van der Waals surface area (Å²) in [6, 6.07) is 14.2. The summed E-state index contributed by atoms with van der Waals surface area (Å²) in [5.74, 6) is 0.294. The van der Waals surface area contributed by atoms with Gasteiger partial charge in [-0.25, -0.2) is 0 Å². The molecule has 3 aromatic rings. The molecule has 3 aromatic carbocycles. The van der Waals surface area contributed by atoms with Crippen molar-refractivity contribution in [2.24, 2.45) is 0 Å². The fourth-order valence-corrected chi connectivity index (χ4v) is 5.21. The first-order valence-corrected chi connectivity index (χ1v) is 13.0. The Morgan fingerprint density at radius 3 is 1.00 bits per heavy atom. The molecule has 0 bridgehead atoms. The Bertz CT molecular complexity index is 1130. The molecule has 0 amide bonds. The highest BCUT2D eigenvalue weighted by atomic mass is 16.5. The van der Waals surface area contributed by atoms with Gasteiger partial charge in [-0.05, 0) is 59.0 Å². The van der Waals surface area contributed by atoms with E-state index < -0.39 is 5.41 Å². The molecule has 218 valence electrons. The first-order chi connectivity index (χ1) is 19.3. The number of methoxy groups -OCH3 is 6. The van der Waals surface area contributed by atoms with Crippen LogP contribution in [0.1, 0.15) is 57.0 Å². The average molecular weight is 555 g/mol. The fourth-order valence-electron chi connectivity index (χ4n) is 5.21. The SMILES string of the molecule is COCc1cc(COC)cc(C(C)(c2cc(COC)c(O)c(COC)c2)c2cc(COC)c(O)c(COC)c2)c1. The number of benzene rings is 3. The quantitative estimate of drug-likeness (QED) is 0.244. The number of hydrogen-bond donors (Lipinski definition) is 2. The lowest BCUT2D eigenvalue weighted by Gasteiger charge is -2.35. The van der Waals surface area contributed by atoms with Gasteiger partial charge >= 0.3 is 0 Å². The fraction of sp³-hybridized carbons (Fsp3) is 0.438. The third kappa shape index (κ3) is 6.83. The second kappa shape index (κ2) is 14.6. The lowest BCUT2D eigenvalue weighted by molar-refractivity contribution is 0.174. The van der Waals surface area contributed by atoms with Gasteiger partial charge in [0.25, 0.3) is 0 Å². The van der Waals surface area contributed by atoms with Crippen molar-refractivity contribution in [1.82, 2.24) is 0 Å². The van der Waals surface area contributed by atoms with E-state index in [2.05, 4.69) is 25.1 Å². The molecule has 0 aliphatic rings. The molecule has 8 heteroatoms. The molecule has 0 heterocycles. The molecule has 0 saturated carbocycles. The van der Waals surface area contributed by atoms with Crippen molar-refractivity contribution >= 4 is 0 Å². The Kier molecular flexibility index (Phi) is 11.5. The summed E-state index contributed by atoms with van der Waals surface area (Å²) in [6.07, 6.45) is 0. The Balaban J connectivity index is 2.46. The van der Waals surface area contributed by atoms with Gasteiger partial charge in [-0.3, -0.25) is 0 Å². The van der Waals surface area contributed by atoms with Gasteiger partial charge in [0.15, 0.2) is 0 Å². The van der Waals surface area contributed by atoms with E-state index in [1.54, 1.807) is 42.7 Å². The van der Waals surface area contributed by atoms with Crippen LogP contribution in [0.15, 0.2) is 42.5 Å². The van der Waals surface area contributed by atoms with Crippen molar-refractivity contribution in [3.05, 3.63) is 92.5 Å². The van der Waals surface area contributed by atoms with Crippen molar-refractivity contribution in [3.8, 4) is 11.5 Å². The Hall–Kier alpha value is -2.98. The van der Waals surface area contributed by atoms with E-state index in [9.17, 15) is 10.2 Å². The molecule has 0 aliphatic carbocycles. The molecule has 0 fully saturated rings. The maximum absolute atomic E-state index is 11.0. The largest absolute Gasteiger partial charge is 0.507 e. The molecule has 8 nitrogen and oxygen atoms in total. The number of phenolic OH excluding ortho intramolecular Hbond substituents is 2. The van der Waals surface area contributed by atoms with E-state index >= 15 is 0 Å². The summed E-state index contributed by atoms with van der Waals surface area (Å²) < 4.78 is 32.8. The van der Waals surface area contributed by atoms with Crippen LogP contribution in [0.5, 0.6) is 11.5 Å². The van der Waals surface area contributed by atoms with E-state index in [1.807, 2.05) is 24.3 Å². The highest BCUT2D eigenvalue weighted by molar-refractivity contribution is 5.58. The molecule has 0 saturated heterocycles. The van der Waals surface area contributed by atoms with Crippen LogP contribution < -0.4 is 0 Å². The molecule has 3 rings (SSSR count). The maximum Gasteiger partial charge on any atom is 0.126 e. The summed E-state index contributed by atoms with van der Waals surface area (Å²) in [7, 11) is 9.73. The zero-order chi connectivity index (χ0) is 29.3. The lowest BCUT2D eigenvalue weighted by atomic mass is 9.69. The zero-order valence-electron chi connectivity index (χ0n) is 24.6. The monoisotopic (exact) mass is 554 g/mol. The lowest BCUT2D eigenvalue weighted by Crippen LogP contribution is -2.27. The molecular formula is C32H42O8. The molecule has 0 unspecified atom stereocenters. The van der Waals surface area contributed by atoms with Crippen LogP contribution in [0.2, 0.25) is 0 Å². The van der Waals surface area contributed by atoms with Crippen molar-refractivity contribution < 1.29 is 38.6 Å². The van der Waals surface area contributed by atoms with Crippen LogP contribution in [0.4, 0.5) is 0 Å². The van der Waals surface area contributed by atoms with Gasteiger partial charge < -0.3 is 38.6 Å². The zero-order valence-corrected chi connectivity index (χ0v) is 24.6. The normalized spacial score (nSPS) is 11.8. The Morgan fingerprint density at radius 2 is 0.725 bits per heavy atom. The second-order valence-corrected chi connectivity index (χ2v) is 10.0. The molecule has 0 aliphatic heterocycles. The summed E-state index contributed by atoms with van der Waals surface area (Å²) in [5.41, 5.74) is 6.66. The topological polar surface area (TPSA) is 95.8 Å². The van der Waals surface area contributed by atoms with Crippen LogP contribution in [-0.2, 0) is 73.5 Å². The molecule has 0 spiro atoms. The Morgan fingerprint density at radius 1 is 0.450 bits per heavy atom. The van der Waals surface area contributed by atoms with E-state index in [4.69, 9.17) is 28.4 Å². The molecule has 0 atom stereocenters. The van der Waals surface area contributed by atoms with Crippen molar-refractivity contribution in [2.75, 3.05) is 42.7 Å². The summed E-state index contributed by atoms with van der Waals surface area (Å²) in [6.45, 7) is 3.90. The van der Waals surface area contributed by atoms with Crippen LogP contribution in [0, 0.1) is 0 Å². The number of hydrogen-bond acceptors (Lipinski definition) is 8. The van der Waals surface area contributed by atoms with Gasteiger partial charge in [0.05, 0.1) is 39.6 Å². The minimum Gasteiger partial charge on any atom is -0.507 e. The number of aromatic hydroxyl groups is 2. The Labute approximate surface area is 237 Å². The van der Waals surface area contributed by atoms with Crippen LogP contribution in [-0.4, -0.2) is 52.9 Å². The number of rotatable bonds is 15. The molecule has 40 heavy (non-hydrogen) atoms. The second-order valence-electron chi connectivity index (χ2n) is 10.0. The van der Waals surface area contributed by atoms with Crippen LogP contribution >= 0.6 is 0 Å². The van der Waals surface area contributed by atoms with Gasteiger partial charge in [0.1, 0.15) is 11.5 Å². The van der Waals surface area contributed by atoms with E-state index in [0.29, 0.717) is 35.5 Å². The standard InChI is InChI=1S/C32H42O8/c1-32(27-9-21(15-35-2)8-22(10-27)16-36-3,28-11-23(17-37-4)30(33)24(12-28)18-38-5)29-13-25(19-39-6)31(34)26(14-29)20-40-7/h8-14,33-34H,15-20H2,1-7H3. The summed E-state index contributed by atoms with van der Waals surface area (Å²) in [4.78, 5) is 0. The third-order valence-corrected chi connectivity index (χ3v) is 7.14. The van der Waals surface area contributed by atoms with Gasteiger partial charge in [0.2, 0.25) is 0 Å². The van der Waals surface area contributed by atoms with Gasteiger partial charge in [-0.2, -0.15) is 0 Å². The maximum atomic E-state index is 11.0. The minimum absolute atomic E-state index is 0.147. The summed E-state index contributed by atoms with van der Waals surface area (Å²) in [5, 5.41) is 22.0. The predicted molar refractivity (Wildman–Crippen MR) is 152 cm³/mol. The molecular weight excluding hydrogens is 512 g/mol. The van der Waals surface area contributed by atoms with Crippen LogP contribution in [0.3, 0.4) is 0 Å². The first kappa shape index (κ1) is 31.5. The van der Waals surface area contributed by atoms with Crippen molar-refractivity contribution in [2.45, 2.75) is 52.0 Å². The van der Waals surface area contributed by atoms with Gasteiger partial charge in [0, 0.05) is 70.3 Å². The van der Waals surface area contributed by atoms with Gasteiger partial charge in [-0.1, -0.05) is 18.2 Å². The smallest absolute Gasteiger partial charge is 0.126 e.